The van der Waals surface area contributed by atoms with E-state index in [0.29, 0.717) is 13.0 Å². The Balaban J connectivity index is 2.17. The van der Waals surface area contributed by atoms with Crippen molar-refractivity contribution < 1.29 is 9.13 Å². The zero-order chi connectivity index (χ0) is 8.86. The van der Waals surface area contributed by atoms with E-state index in [4.69, 9.17) is 4.74 Å². The number of halogens is 1. The maximum atomic E-state index is 11.8. The van der Waals surface area contributed by atoms with Crippen LogP contribution in [0.1, 0.15) is 26.2 Å². The van der Waals surface area contributed by atoms with Crippen LogP contribution in [0, 0.1) is 0 Å². The molecule has 0 aliphatic carbocycles. The fourth-order valence-corrected chi connectivity index (χ4v) is 1.52. The van der Waals surface area contributed by atoms with Crippen molar-refractivity contribution in [3.63, 3.8) is 0 Å². The van der Waals surface area contributed by atoms with Gasteiger partial charge in [-0.25, -0.2) is 0 Å². The lowest BCUT2D eigenvalue weighted by Gasteiger charge is -2.34. The molecule has 1 unspecified atom stereocenters. The van der Waals surface area contributed by atoms with Crippen LogP contribution in [0.25, 0.3) is 0 Å². The SMILES string of the molecule is CC1(OCCCF)CCCNC1. The minimum Gasteiger partial charge on any atom is -0.374 e. The van der Waals surface area contributed by atoms with Gasteiger partial charge in [-0.3, -0.25) is 4.39 Å². The second-order valence-electron chi connectivity index (χ2n) is 3.62. The van der Waals surface area contributed by atoms with Crippen molar-refractivity contribution in [3.05, 3.63) is 0 Å². The van der Waals surface area contributed by atoms with Crippen molar-refractivity contribution in [2.75, 3.05) is 26.4 Å². The third-order valence-electron chi connectivity index (χ3n) is 2.29. The van der Waals surface area contributed by atoms with Crippen molar-refractivity contribution >= 4 is 0 Å². The lowest BCUT2D eigenvalue weighted by molar-refractivity contribution is -0.0485. The molecule has 0 aromatic carbocycles. The standard InChI is InChI=1S/C9H18FNO/c1-9(12-7-3-5-10)4-2-6-11-8-9/h11H,2-8H2,1H3. The van der Waals surface area contributed by atoms with Crippen LogP contribution in [0.2, 0.25) is 0 Å². The quantitative estimate of drug-likeness (QED) is 0.654. The molecule has 2 nitrogen and oxygen atoms in total. The molecule has 0 spiro atoms. The third-order valence-corrected chi connectivity index (χ3v) is 2.29. The Hall–Kier alpha value is -0.150. The Morgan fingerprint density at radius 1 is 1.58 bits per heavy atom. The maximum Gasteiger partial charge on any atom is 0.0916 e. The van der Waals surface area contributed by atoms with Gasteiger partial charge in [0.25, 0.3) is 0 Å². The van der Waals surface area contributed by atoms with Gasteiger partial charge in [0, 0.05) is 13.2 Å². The van der Waals surface area contributed by atoms with E-state index in [1.165, 1.54) is 0 Å². The van der Waals surface area contributed by atoms with Crippen LogP contribution in [0.4, 0.5) is 4.39 Å². The zero-order valence-electron chi connectivity index (χ0n) is 7.74. The predicted octanol–water partition coefficient (Wildman–Crippen LogP) is 1.50. The van der Waals surface area contributed by atoms with Gasteiger partial charge >= 0.3 is 0 Å². The van der Waals surface area contributed by atoms with Crippen molar-refractivity contribution in [1.29, 1.82) is 0 Å². The number of ether oxygens (including phenoxy) is 1. The molecular weight excluding hydrogens is 157 g/mol. The molecule has 0 aromatic rings. The molecule has 0 amide bonds. The van der Waals surface area contributed by atoms with Crippen LogP contribution in [-0.2, 0) is 4.74 Å². The van der Waals surface area contributed by atoms with E-state index in [2.05, 4.69) is 12.2 Å². The van der Waals surface area contributed by atoms with Gasteiger partial charge in [-0.2, -0.15) is 0 Å². The fourth-order valence-electron chi connectivity index (χ4n) is 1.52. The Morgan fingerprint density at radius 2 is 2.42 bits per heavy atom. The first-order valence-corrected chi connectivity index (χ1v) is 4.67. The molecular formula is C9H18FNO. The van der Waals surface area contributed by atoms with Crippen molar-refractivity contribution in [3.8, 4) is 0 Å². The van der Waals surface area contributed by atoms with Gasteiger partial charge in [-0.05, 0) is 32.7 Å². The fraction of sp³-hybridized carbons (Fsp3) is 1.00. The van der Waals surface area contributed by atoms with Crippen LogP contribution in [0.15, 0.2) is 0 Å². The normalized spacial score (nSPS) is 30.5. The summed E-state index contributed by atoms with van der Waals surface area (Å²) in [7, 11) is 0. The molecule has 1 N–H and O–H groups in total. The monoisotopic (exact) mass is 175 g/mol. The molecule has 0 aromatic heterocycles. The van der Waals surface area contributed by atoms with E-state index in [9.17, 15) is 4.39 Å². The van der Waals surface area contributed by atoms with E-state index in [-0.39, 0.29) is 12.3 Å². The highest BCUT2D eigenvalue weighted by Crippen LogP contribution is 2.19. The second-order valence-corrected chi connectivity index (χ2v) is 3.62. The van der Waals surface area contributed by atoms with Gasteiger partial charge in [-0.1, -0.05) is 0 Å². The second kappa shape index (κ2) is 4.77. The lowest BCUT2D eigenvalue weighted by atomic mass is 9.96. The van der Waals surface area contributed by atoms with Gasteiger partial charge in [0.2, 0.25) is 0 Å². The highest BCUT2D eigenvalue weighted by Gasteiger charge is 2.26. The molecule has 1 rings (SSSR count). The van der Waals surface area contributed by atoms with E-state index in [1.54, 1.807) is 0 Å². The predicted molar refractivity (Wildman–Crippen MR) is 47.1 cm³/mol. The first-order chi connectivity index (χ1) is 5.77. The summed E-state index contributed by atoms with van der Waals surface area (Å²) < 4.78 is 17.4. The Morgan fingerprint density at radius 3 is 3.00 bits per heavy atom. The van der Waals surface area contributed by atoms with Gasteiger partial charge in [0.05, 0.1) is 12.3 Å². The summed E-state index contributed by atoms with van der Waals surface area (Å²) in [5, 5.41) is 3.28. The highest BCUT2D eigenvalue weighted by molar-refractivity contribution is 4.82. The van der Waals surface area contributed by atoms with E-state index in [0.717, 1.165) is 25.9 Å². The molecule has 3 heteroatoms. The summed E-state index contributed by atoms with van der Waals surface area (Å²) in [5.41, 5.74) is -0.0482. The Labute approximate surface area is 73.5 Å². The van der Waals surface area contributed by atoms with Crippen LogP contribution in [0.5, 0.6) is 0 Å². The van der Waals surface area contributed by atoms with Crippen LogP contribution >= 0.6 is 0 Å². The van der Waals surface area contributed by atoms with Gasteiger partial charge in [0.15, 0.2) is 0 Å². The summed E-state index contributed by atoms with van der Waals surface area (Å²) in [6.07, 6.45) is 2.77. The third kappa shape index (κ3) is 3.07. The minimum atomic E-state index is -0.274. The van der Waals surface area contributed by atoms with E-state index in [1.807, 2.05) is 0 Å². The van der Waals surface area contributed by atoms with Crippen LogP contribution in [-0.4, -0.2) is 32.0 Å². The molecule has 12 heavy (non-hydrogen) atoms. The molecule has 72 valence electrons. The van der Waals surface area contributed by atoms with E-state index >= 15 is 0 Å². The minimum absolute atomic E-state index is 0.0482. The molecule has 1 atom stereocenters. The van der Waals surface area contributed by atoms with Crippen molar-refractivity contribution in [2.24, 2.45) is 0 Å². The molecule has 0 saturated carbocycles. The van der Waals surface area contributed by atoms with Crippen molar-refractivity contribution in [2.45, 2.75) is 31.8 Å². The summed E-state index contributed by atoms with van der Waals surface area (Å²) in [6, 6.07) is 0. The molecule has 0 radical (unpaired) electrons. The average Bonchev–Trinajstić information content (AvgIpc) is 2.06. The van der Waals surface area contributed by atoms with Crippen molar-refractivity contribution in [1.82, 2.24) is 5.32 Å². The molecule has 1 aliphatic rings. The molecule has 1 saturated heterocycles. The zero-order valence-corrected chi connectivity index (χ0v) is 7.74. The Bertz CT molecular complexity index is 124. The topological polar surface area (TPSA) is 21.3 Å². The number of hydrogen-bond donors (Lipinski definition) is 1. The summed E-state index contributed by atoms with van der Waals surface area (Å²) >= 11 is 0. The summed E-state index contributed by atoms with van der Waals surface area (Å²) in [6.45, 7) is 4.36. The molecule has 1 fully saturated rings. The van der Waals surface area contributed by atoms with Crippen LogP contribution in [0.3, 0.4) is 0 Å². The van der Waals surface area contributed by atoms with Gasteiger partial charge in [-0.15, -0.1) is 0 Å². The first-order valence-electron chi connectivity index (χ1n) is 4.67. The van der Waals surface area contributed by atoms with E-state index < -0.39 is 0 Å². The summed E-state index contributed by atoms with van der Waals surface area (Å²) in [5.74, 6) is 0. The van der Waals surface area contributed by atoms with Gasteiger partial charge < -0.3 is 10.1 Å². The molecule has 1 aliphatic heterocycles. The Kier molecular flexibility index (Phi) is 3.95. The number of piperidine rings is 1. The number of hydrogen-bond acceptors (Lipinski definition) is 2. The molecule has 1 heterocycles. The average molecular weight is 175 g/mol. The highest BCUT2D eigenvalue weighted by atomic mass is 19.1. The lowest BCUT2D eigenvalue weighted by Crippen LogP contribution is -2.45. The van der Waals surface area contributed by atoms with Crippen LogP contribution < -0.4 is 5.32 Å². The number of alkyl halides is 1. The first kappa shape index (κ1) is 9.93. The smallest absolute Gasteiger partial charge is 0.0916 e. The van der Waals surface area contributed by atoms with Gasteiger partial charge in [0.1, 0.15) is 0 Å². The summed E-state index contributed by atoms with van der Waals surface area (Å²) in [4.78, 5) is 0. The maximum absolute atomic E-state index is 11.8. The molecule has 0 bridgehead atoms. The number of rotatable bonds is 4. The number of nitrogens with one attached hydrogen (secondary N) is 1. The largest absolute Gasteiger partial charge is 0.374 e.